The molecule has 0 amide bonds. The van der Waals surface area contributed by atoms with E-state index in [0.29, 0.717) is 19.1 Å². The molecule has 4 heteroatoms. The number of carbonyl (C=O) groups excluding carboxylic acids is 1. The molecule has 1 fully saturated rings. The molecule has 4 nitrogen and oxygen atoms in total. The number of aryl methyl sites for hydroxylation is 1. The molecule has 2 heterocycles. The van der Waals surface area contributed by atoms with E-state index >= 15 is 0 Å². The van der Waals surface area contributed by atoms with Crippen molar-refractivity contribution in [2.45, 2.75) is 25.4 Å². The highest BCUT2D eigenvalue weighted by Gasteiger charge is 2.31. The second-order valence-electron chi connectivity index (χ2n) is 5.14. The number of nitrogens with zero attached hydrogens (tertiary/aromatic N) is 2. The Kier molecular flexibility index (Phi) is 3.25. The first-order chi connectivity index (χ1) is 9.24. The van der Waals surface area contributed by atoms with E-state index in [1.807, 2.05) is 42.1 Å². The maximum Gasteiger partial charge on any atom is 0.193 e. The summed E-state index contributed by atoms with van der Waals surface area (Å²) in [5.74, 6) is 1.09. The average Bonchev–Trinajstić information content (AvgIpc) is 2.94. The molecular formula is C15H18N2O2. The van der Waals surface area contributed by atoms with Crippen molar-refractivity contribution >= 4 is 5.78 Å². The molecular weight excluding hydrogens is 240 g/mol. The van der Waals surface area contributed by atoms with Crippen molar-refractivity contribution < 1.29 is 9.21 Å². The molecule has 2 aromatic rings. The van der Waals surface area contributed by atoms with Crippen molar-refractivity contribution in [3.63, 3.8) is 0 Å². The lowest BCUT2D eigenvalue weighted by Crippen LogP contribution is -2.32. The molecule has 2 aromatic heterocycles. The van der Waals surface area contributed by atoms with Crippen LogP contribution in [0.3, 0.4) is 0 Å². The highest BCUT2D eigenvalue weighted by Crippen LogP contribution is 2.28. The average molecular weight is 258 g/mol. The minimum absolute atomic E-state index is 0.172. The van der Waals surface area contributed by atoms with Crippen LogP contribution in [0.4, 0.5) is 0 Å². The van der Waals surface area contributed by atoms with Gasteiger partial charge in [0.2, 0.25) is 0 Å². The quantitative estimate of drug-likeness (QED) is 0.747. The number of hydrogen-bond donors (Lipinski definition) is 0. The van der Waals surface area contributed by atoms with Gasteiger partial charge in [0.15, 0.2) is 5.78 Å². The molecule has 0 radical (unpaired) electrons. The summed E-state index contributed by atoms with van der Waals surface area (Å²) in [6.07, 6.45) is 5.95. The van der Waals surface area contributed by atoms with Gasteiger partial charge in [-0.05, 0) is 37.1 Å². The third kappa shape index (κ3) is 2.79. The molecule has 0 saturated heterocycles. The first-order valence-electron chi connectivity index (χ1n) is 6.65. The molecule has 0 bridgehead atoms. The lowest BCUT2D eigenvalue weighted by atomic mass is 10.2. The number of hydrogen-bond acceptors (Lipinski definition) is 3. The van der Waals surface area contributed by atoms with Gasteiger partial charge in [-0.2, -0.15) is 0 Å². The summed E-state index contributed by atoms with van der Waals surface area (Å²) in [6, 6.07) is 8.16. The van der Waals surface area contributed by atoms with E-state index in [1.165, 1.54) is 12.8 Å². The predicted molar refractivity (Wildman–Crippen MR) is 71.9 cm³/mol. The highest BCUT2D eigenvalue weighted by molar-refractivity contribution is 5.96. The van der Waals surface area contributed by atoms with Crippen LogP contribution in [0.25, 0.3) is 0 Å². The summed E-state index contributed by atoms with van der Waals surface area (Å²) in [7, 11) is 1.90. The van der Waals surface area contributed by atoms with Gasteiger partial charge in [0.1, 0.15) is 5.76 Å². The van der Waals surface area contributed by atoms with E-state index in [1.54, 1.807) is 6.26 Å². The van der Waals surface area contributed by atoms with Crippen LogP contribution in [-0.4, -0.2) is 27.8 Å². The molecule has 3 rings (SSSR count). The highest BCUT2D eigenvalue weighted by atomic mass is 16.3. The van der Waals surface area contributed by atoms with E-state index < -0.39 is 0 Å². The molecule has 0 aliphatic heterocycles. The van der Waals surface area contributed by atoms with Crippen LogP contribution >= 0.6 is 0 Å². The Bertz CT molecular complexity index is 552. The Labute approximate surface area is 112 Å². The van der Waals surface area contributed by atoms with Gasteiger partial charge in [-0.1, -0.05) is 0 Å². The van der Waals surface area contributed by atoms with E-state index in [0.717, 1.165) is 11.5 Å². The third-order valence-corrected chi connectivity index (χ3v) is 3.58. The van der Waals surface area contributed by atoms with Gasteiger partial charge >= 0.3 is 0 Å². The SMILES string of the molecule is Cn1cccc1C(=O)CN(Cc1ccco1)C1CC1. The predicted octanol–water partition coefficient (Wildman–Crippen LogP) is 2.47. The summed E-state index contributed by atoms with van der Waals surface area (Å²) in [5, 5.41) is 0. The zero-order chi connectivity index (χ0) is 13.2. The standard InChI is InChI=1S/C15H18N2O2/c1-16-8-2-5-14(16)15(18)11-17(12-6-7-12)10-13-4-3-9-19-13/h2-5,8-9,12H,6-7,10-11H2,1H3. The van der Waals surface area contributed by atoms with Crippen LogP contribution in [0, 0.1) is 0 Å². The van der Waals surface area contributed by atoms with Gasteiger partial charge in [0.05, 0.1) is 25.0 Å². The third-order valence-electron chi connectivity index (χ3n) is 3.58. The van der Waals surface area contributed by atoms with E-state index in [-0.39, 0.29) is 5.78 Å². The summed E-state index contributed by atoms with van der Waals surface area (Å²) >= 11 is 0. The summed E-state index contributed by atoms with van der Waals surface area (Å²) in [5.41, 5.74) is 0.769. The lowest BCUT2D eigenvalue weighted by Gasteiger charge is -2.19. The van der Waals surface area contributed by atoms with Gasteiger partial charge < -0.3 is 8.98 Å². The Morgan fingerprint density at radius 3 is 2.84 bits per heavy atom. The maximum absolute atomic E-state index is 12.3. The molecule has 100 valence electrons. The Balaban J connectivity index is 1.68. The largest absolute Gasteiger partial charge is 0.468 e. The van der Waals surface area contributed by atoms with Crippen molar-refractivity contribution in [3.05, 3.63) is 48.2 Å². The van der Waals surface area contributed by atoms with Gasteiger partial charge in [-0.15, -0.1) is 0 Å². The molecule has 0 N–H and O–H groups in total. The molecule has 1 aliphatic carbocycles. The van der Waals surface area contributed by atoms with Gasteiger partial charge in [-0.25, -0.2) is 0 Å². The number of Topliss-reactive ketones (excluding diaryl/α,β-unsaturated/α-hetero) is 1. The minimum atomic E-state index is 0.172. The second kappa shape index (κ2) is 5.05. The van der Waals surface area contributed by atoms with Crippen LogP contribution in [0.1, 0.15) is 29.1 Å². The van der Waals surface area contributed by atoms with Crippen LogP contribution in [0.5, 0.6) is 0 Å². The van der Waals surface area contributed by atoms with Crippen molar-refractivity contribution in [2.24, 2.45) is 7.05 Å². The molecule has 0 spiro atoms. The van der Waals surface area contributed by atoms with Crippen molar-refractivity contribution in [1.82, 2.24) is 9.47 Å². The van der Waals surface area contributed by atoms with Crippen LogP contribution < -0.4 is 0 Å². The fourth-order valence-electron chi connectivity index (χ4n) is 2.37. The summed E-state index contributed by atoms with van der Waals surface area (Å²) in [4.78, 5) is 14.5. The number of ketones is 1. The molecule has 1 saturated carbocycles. The van der Waals surface area contributed by atoms with Gasteiger partial charge in [0, 0.05) is 19.3 Å². The van der Waals surface area contributed by atoms with E-state index in [4.69, 9.17) is 4.42 Å². The minimum Gasteiger partial charge on any atom is -0.468 e. The first kappa shape index (κ1) is 12.2. The van der Waals surface area contributed by atoms with Gasteiger partial charge in [0.25, 0.3) is 0 Å². The number of carbonyl (C=O) groups is 1. The second-order valence-corrected chi connectivity index (χ2v) is 5.14. The van der Waals surface area contributed by atoms with Gasteiger partial charge in [-0.3, -0.25) is 9.69 Å². The molecule has 0 atom stereocenters. The fraction of sp³-hybridized carbons (Fsp3) is 0.400. The molecule has 1 aliphatic rings. The zero-order valence-corrected chi connectivity index (χ0v) is 11.1. The zero-order valence-electron chi connectivity index (χ0n) is 11.1. The topological polar surface area (TPSA) is 38.4 Å². The Morgan fingerprint density at radius 2 is 2.26 bits per heavy atom. The van der Waals surface area contributed by atoms with Crippen molar-refractivity contribution in [3.8, 4) is 0 Å². The van der Waals surface area contributed by atoms with Crippen LogP contribution in [-0.2, 0) is 13.6 Å². The molecule has 19 heavy (non-hydrogen) atoms. The lowest BCUT2D eigenvalue weighted by molar-refractivity contribution is 0.0905. The summed E-state index contributed by atoms with van der Waals surface area (Å²) in [6.45, 7) is 1.18. The van der Waals surface area contributed by atoms with E-state index in [9.17, 15) is 4.79 Å². The summed E-state index contributed by atoms with van der Waals surface area (Å²) < 4.78 is 7.26. The number of aromatic nitrogens is 1. The molecule has 0 aromatic carbocycles. The van der Waals surface area contributed by atoms with E-state index in [2.05, 4.69) is 4.90 Å². The Morgan fingerprint density at radius 1 is 1.42 bits per heavy atom. The number of rotatable bonds is 6. The normalized spacial score (nSPS) is 15.1. The first-order valence-corrected chi connectivity index (χ1v) is 6.65. The smallest absolute Gasteiger partial charge is 0.193 e. The van der Waals surface area contributed by atoms with Crippen LogP contribution in [0.2, 0.25) is 0 Å². The fourth-order valence-corrected chi connectivity index (χ4v) is 2.37. The maximum atomic E-state index is 12.3. The van der Waals surface area contributed by atoms with Crippen molar-refractivity contribution in [1.29, 1.82) is 0 Å². The Hall–Kier alpha value is -1.81. The van der Waals surface area contributed by atoms with Crippen LogP contribution in [0.15, 0.2) is 41.1 Å². The monoisotopic (exact) mass is 258 g/mol. The van der Waals surface area contributed by atoms with Crippen molar-refractivity contribution in [2.75, 3.05) is 6.54 Å². The number of furan rings is 1. The molecule has 0 unspecified atom stereocenters.